The molecule has 1 aliphatic heterocycles. The third kappa shape index (κ3) is 6.94. The second-order valence-electron chi connectivity index (χ2n) is 8.73. The second-order valence-corrected chi connectivity index (χ2v) is 8.73. The fraction of sp³-hybridized carbons (Fsp3) is 0.440. The van der Waals surface area contributed by atoms with E-state index < -0.39 is 29.7 Å². The molecule has 3 rings (SSSR count). The molecule has 2 heterocycles. The van der Waals surface area contributed by atoms with E-state index in [9.17, 15) is 19.2 Å². The summed E-state index contributed by atoms with van der Waals surface area (Å²) in [5.41, 5.74) is 2.42. The number of alkyl carbamates (subject to hydrolysis) is 1. The van der Waals surface area contributed by atoms with Gasteiger partial charge in [0.2, 0.25) is 5.78 Å². The van der Waals surface area contributed by atoms with Gasteiger partial charge in [-0.05, 0) is 36.3 Å². The van der Waals surface area contributed by atoms with Crippen LogP contribution in [0.3, 0.4) is 0 Å². The standard InChI is InChI=1S/C25H30N4O5/c1-16(2)22(29-25(33)34-14-17-7-4-3-5-8-17)21(30)11-18-9-6-10-19-12-26-15-28-20(19)13-27-24(32)23(18)31/h3-5,7-8,12,15-16,18,22H,6,9-11,13-14H2,1-2H3,(H,27,32)(H,29,33). The Kier molecular flexibility index (Phi) is 8.84. The number of aromatic nitrogens is 2. The Bertz CT molecular complexity index is 1020. The summed E-state index contributed by atoms with van der Waals surface area (Å²) in [4.78, 5) is 58.8. The average molecular weight is 467 g/mol. The van der Waals surface area contributed by atoms with Gasteiger partial charge in [0.25, 0.3) is 5.91 Å². The highest BCUT2D eigenvalue weighted by atomic mass is 16.5. The number of carbonyl (C=O) groups is 4. The highest BCUT2D eigenvalue weighted by molar-refractivity contribution is 6.37. The molecule has 0 saturated carbocycles. The molecule has 1 aromatic heterocycles. The number of fused-ring (bicyclic) bond motifs is 1. The number of hydrogen-bond acceptors (Lipinski definition) is 7. The number of ether oxygens (including phenoxy) is 1. The van der Waals surface area contributed by atoms with Gasteiger partial charge in [0.15, 0.2) is 5.78 Å². The van der Waals surface area contributed by atoms with Crippen LogP contribution in [0.2, 0.25) is 0 Å². The highest BCUT2D eigenvalue weighted by Crippen LogP contribution is 2.20. The number of ketones is 2. The summed E-state index contributed by atoms with van der Waals surface area (Å²) < 4.78 is 5.24. The molecule has 1 aromatic carbocycles. The number of nitrogens with one attached hydrogen (secondary N) is 2. The maximum Gasteiger partial charge on any atom is 0.408 e. The number of nitrogens with zero attached hydrogens (tertiary/aromatic N) is 2. The minimum atomic E-state index is -0.830. The largest absolute Gasteiger partial charge is 0.445 e. The van der Waals surface area contributed by atoms with Gasteiger partial charge in [-0.1, -0.05) is 44.2 Å². The van der Waals surface area contributed by atoms with E-state index in [0.29, 0.717) is 25.0 Å². The maximum atomic E-state index is 13.1. The summed E-state index contributed by atoms with van der Waals surface area (Å²) >= 11 is 0. The van der Waals surface area contributed by atoms with Crippen LogP contribution in [0, 0.1) is 11.8 Å². The minimum absolute atomic E-state index is 0.0815. The topological polar surface area (TPSA) is 127 Å². The van der Waals surface area contributed by atoms with Crippen molar-refractivity contribution in [2.75, 3.05) is 0 Å². The lowest BCUT2D eigenvalue weighted by Gasteiger charge is -2.24. The smallest absolute Gasteiger partial charge is 0.408 e. The van der Waals surface area contributed by atoms with Gasteiger partial charge in [-0.15, -0.1) is 0 Å². The first-order valence-electron chi connectivity index (χ1n) is 11.4. The molecule has 0 bridgehead atoms. The number of amides is 2. The molecule has 0 radical (unpaired) electrons. The Balaban J connectivity index is 1.62. The number of rotatable bonds is 7. The number of aryl methyl sites for hydroxylation is 1. The molecular weight excluding hydrogens is 436 g/mol. The normalized spacial score (nSPS) is 17.3. The third-order valence-electron chi connectivity index (χ3n) is 5.84. The summed E-state index contributed by atoms with van der Waals surface area (Å²) in [5.74, 6) is -2.65. The molecule has 2 unspecified atom stereocenters. The Morgan fingerprint density at radius 1 is 1.21 bits per heavy atom. The van der Waals surface area contributed by atoms with E-state index in [2.05, 4.69) is 20.6 Å². The Morgan fingerprint density at radius 2 is 1.97 bits per heavy atom. The van der Waals surface area contributed by atoms with Crippen molar-refractivity contribution >= 4 is 23.6 Å². The minimum Gasteiger partial charge on any atom is -0.445 e. The zero-order chi connectivity index (χ0) is 24.5. The maximum absolute atomic E-state index is 13.1. The average Bonchev–Trinajstić information content (AvgIpc) is 2.84. The SMILES string of the molecule is CC(C)C(NC(=O)OCc1ccccc1)C(=O)CC1CCCc2cncnc2CNC(=O)C1=O. The molecule has 2 amide bonds. The fourth-order valence-corrected chi connectivity index (χ4v) is 3.93. The first kappa shape index (κ1) is 25.0. The lowest BCUT2D eigenvalue weighted by Crippen LogP contribution is -2.46. The van der Waals surface area contributed by atoms with E-state index in [1.165, 1.54) is 6.33 Å². The molecule has 1 aliphatic rings. The van der Waals surface area contributed by atoms with Gasteiger partial charge < -0.3 is 15.4 Å². The van der Waals surface area contributed by atoms with E-state index in [1.54, 1.807) is 20.0 Å². The fourth-order valence-electron chi connectivity index (χ4n) is 3.93. The van der Waals surface area contributed by atoms with E-state index in [4.69, 9.17) is 4.74 Å². The van der Waals surface area contributed by atoms with Crippen molar-refractivity contribution in [3.63, 3.8) is 0 Å². The summed E-state index contributed by atoms with van der Waals surface area (Å²) in [5, 5.41) is 5.22. The summed E-state index contributed by atoms with van der Waals surface area (Å²) in [6.45, 7) is 3.82. The van der Waals surface area contributed by atoms with Gasteiger partial charge in [0.1, 0.15) is 12.9 Å². The van der Waals surface area contributed by atoms with Crippen molar-refractivity contribution in [3.8, 4) is 0 Å². The molecule has 2 aromatic rings. The number of benzene rings is 1. The number of Topliss-reactive ketones (excluding diaryl/α,β-unsaturated/α-hetero) is 2. The van der Waals surface area contributed by atoms with Crippen LogP contribution in [0.1, 0.15) is 49.9 Å². The number of carbonyl (C=O) groups excluding carboxylic acids is 4. The molecule has 0 spiro atoms. The zero-order valence-electron chi connectivity index (χ0n) is 19.5. The van der Waals surface area contributed by atoms with Gasteiger partial charge in [0, 0.05) is 18.5 Å². The Hall–Kier alpha value is -3.62. The monoisotopic (exact) mass is 466 g/mol. The first-order chi connectivity index (χ1) is 16.3. The van der Waals surface area contributed by atoms with Crippen molar-refractivity contribution in [2.45, 2.75) is 58.7 Å². The molecule has 0 aliphatic carbocycles. The summed E-state index contributed by atoms with van der Waals surface area (Å²) in [6.07, 6.45) is 3.89. The van der Waals surface area contributed by atoms with Crippen molar-refractivity contribution in [2.24, 2.45) is 11.8 Å². The van der Waals surface area contributed by atoms with Crippen molar-refractivity contribution in [3.05, 3.63) is 59.7 Å². The molecular formula is C25H30N4O5. The molecule has 180 valence electrons. The predicted octanol–water partition coefficient (Wildman–Crippen LogP) is 2.52. The van der Waals surface area contributed by atoms with Gasteiger partial charge >= 0.3 is 6.09 Å². The van der Waals surface area contributed by atoms with Crippen molar-refractivity contribution in [1.82, 2.24) is 20.6 Å². The molecule has 34 heavy (non-hydrogen) atoms. The van der Waals surface area contributed by atoms with Crippen LogP contribution >= 0.6 is 0 Å². The molecule has 2 N–H and O–H groups in total. The Morgan fingerprint density at radius 3 is 2.71 bits per heavy atom. The second kappa shape index (κ2) is 12.0. The van der Waals surface area contributed by atoms with Crippen LogP contribution < -0.4 is 10.6 Å². The Labute approximate surface area is 198 Å². The van der Waals surface area contributed by atoms with E-state index in [1.807, 2.05) is 30.3 Å². The summed E-state index contributed by atoms with van der Waals surface area (Å²) in [7, 11) is 0. The van der Waals surface area contributed by atoms with Crippen LogP contribution in [0.25, 0.3) is 0 Å². The summed E-state index contributed by atoms with van der Waals surface area (Å²) in [6, 6.07) is 8.38. The van der Waals surface area contributed by atoms with Gasteiger partial charge in [-0.25, -0.2) is 14.8 Å². The lowest BCUT2D eigenvalue weighted by atomic mass is 9.86. The van der Waals surface area contributed by atoms with Crippen molar-refractivity contribution < 1.29 is 23.9 Å². The van der Waals surface area contributed by atoms with E-state index in [-0.39, 0.29) is 31.3 Å². The van der Waals surface area contributed by atoms with Crippen LogP contribution in [0.4, 0.5) is 4.79 Å². The van der Waals surface area contributed by atoms with Crippen LogP contribution in [0.5, 0.6) is 0 Å². The molecule has 0 saturated heterocycles. The van der Waals surface area contributed by atoms with Crippen molar-refractivity contribution in [1.29, 1.82) is 0 Å². The number of hydrogen-bond donors (Lipinski definition) is 2. The molecule has 0 fully saturated rings. The van der Waals surface area contributed by atoms with Gasteiger partial charge in [-0.3, -0.25) is 14.4 Å². The molecule has 2 atom stereocenters. The van der Waals surface area contributed by atoms with E-state index >= 15 is 0 Å². The first-order valence-corrected chi connectivity index (χ1v) is 11.4. The van der Waals surface area contributed by atoms with Gasteiger partial charge in [0.05, 0.1) is 18.3 Å². The van der Waals surface area contributed by atoms with Crippen LogP contribution in [-0.4, -0.2) is 39.6 Å². The third-order valence-corrected chi connectivity index (χ3v) is 5.84. The lowest BCUT2D eigenvalue weighted by molar-refractivity contribution is -0.141. The van der Waals surface area contributed by atoms with Crippen LogP contribution in [0.15, 0.2) is 42.9 Å². The van der Waals surface area contributed by atoms with E-state index in [0.717, 1.165) is 11.1 Å². The van der Waals surface area contributed by atoms with Crippen LogP contribution in [-0.2, 0) is 38.7 Å². The quantitative estimate of drug-likeness (QED) is 0.600. The zero-order valence-corrected chi connectivity index (χ0v) is 19.5. The molecule has 9 nitrogen and oxygen atoms in total. The van der Waals surface area contributed by atoms with Gasteiger partial charge in [-0.2, -0.15) is 0 Å². The predicted molar refractivity (Wildman–Crippen MR) is 123 cm³/mol. The highest BCUT2D eigenvalue weighted by Gasteiger charge is 2.32. The molecule has 9 heteroatoms.